The summed E-state index contributed by atoms with van der Waals surface area (Å²) in [5, 5.41) is 17.1. The lowest BCUT2D eigenvalue weighted by atomic mass is 10.00. The molecule has 3 atom stereocenters. The van der Waals surface area contributed by atoms with Gasteiger partial charge in [-0.05, 0) is 27.9 Å². The van der Waals surface area contributed by atoms with Gasteiger partial charge in [0.15, 0.2) is 6.10 Å². The number of aliphatic hydroxyl groups excluding tert-OH is 1. The molecule has 0 saturated heterocycles. The molecule has 1 aliphatic carbocycles. The van der Waals surface area contributed by atoms with Crippen LogP contribution in [0.2, 0.25) is 0 Å². The number of nitrogens with zero attached hydrogens (tertiary/aromatic N) is 2. The maximum absolute atomic E-state index is 12.6. The van der Waals surface area contributed by atoms with Gasteiger partial charge < -0.3 is 16.2 Å². The van der Waals surface area contributed by atoms with Gasteiger partial charge in [-0.2, -0.15) is 5.10 Å². The highest BCUT2D eigenvalue weighted by Crippen LogP contribution is 2.53. The van der Waals surface area contributed by atoms with Gasteiger partial charge in [-0.3, -0.25) is 14.3 Å². The minimum atomic E-state index is -1.47. The van der Waals surface area contributed by atoms with E-state index < -0.39 is 23.5 Å². The lowest BCUT2D eigenvalue weighted by Crippen LogP contribution is -2.52. The van der Waals surface area contributed by atoms with Gasteiger partial charge in [0.1, 0.15) is 4.60 Å². The molecule has 1 aromatic carbocycles. The van der Waals surface area contributed by atoms with E-state index in [1.54, 1.807) is 13.2 Å². The molecule has 2 aromatic rings. The maximum atomic E-state index is 12.6. The van der Waals surface area contributed by atoms with E-state index in [1.165, 1.54) is 4.68 Å². The van der Waals surface area contributed by atoms with E-state index in [1.807, 2.05) is 30.3 Å². The van der Waals surface area contributed by atoms with Crippen LogP contribution in [0.15, 0.2) is 41.1 Å². The summed E-state index contributed by atoms with van der Waals surface area (Å²) in [4.78, 5) is 24.1. The molecule has 0 radical (unpaired) electrons. The minimum absolute atomic E-state index is 0.180. The Morgan fingerprint density at radius 3 is 2.67 bits per heavy atom. The van der Waals surface area contributed by atoms with Crippen LogP contribution < -0.4 is 11.1 Å². The number of hydrogen-bond donors (Lipinski definition) is 3. The summed E-state index contributed by atoms with van der Waals surface area (Å²) in [5.41, 5.74) is 5.45. The fourth-order valence-corrected chi connectivity index (χ4v) is 3.57. The van der Waals surface area contributed by atoms with Crippen molar-refractivity contribution in [2.45, 2.75) is 24.0 Å². The van der Waals surface area contributed by atoms with Crippen LogP contribution in [-0.2, 0) is 11.8 Å². The van der Waals surface area contributed by atoms with Gasteiger partial charge >= 0.3 is 0 Å². The standard InChI is InChI=1S/C16H17BrN4O3/c1-21-8-10(13(17)20-21)15(24)19-16(12(22)14(18)23)7-11(16)9-5-3-2-4-6-9/h2-6,8,11-12,22H,7H2,1H3,(H2,18,23)(H,19,24)/t11-,12?,16?/m0/s1. The number of benzene rings is 1. The molecule has 0 aliphatic heterocycles. The third-order valence-electron chi connectivity index (χ3n) is 4.34. The second-order valence-electron chi connectivity index (χ2n) is 5.97. The van der Waals surface area contributed by atoms with Gasteiger partial charge in [0.25, 0.3) is 5.91 Å². The van der Waals surface area contributed by atoms with Crippen molar-refractivity contribution in [3.05, 3.63) is 52.3 Å². The summed E-state index contributed by atoms with van der Waals surface area (Å²) in [5.74, 6) is -1.46. The number of hydrogen-bond acceptors (Lipinski definition) is 4. The molecule has 24 heavy (non-hydrogen) atoms. The molecule has 3 rings (SSSR count). The second kappa shape index (κ2) is 6.03. The monoisotopic (exact) mass is 392 g/mol. The SMILES string of the molecule is Cn1cc(C(=O)NC2(C(O)C(N)=O)C[C@H]2c2ccccc2)c(Br)n1. The topological polar surface area (TPSA) is 110 Å². The number of carbonyl (C=O) groups excluding carboxylic acids is 2. The number of carbonyl (C=O) groups is 2. The molecule has 7 nitrogen and oxygen atoms in total. The van der Waals surface area contributed by atoms with Gasteiger partial charge in [0.2, 0.25) is 5.91 Å². The molecule has 1 aliphatic rings. The van der Waals surface area contributed by atoms with Crippen molar-refractivity contribution in [2.75, 3.05) is 0 Å². The van der Waals surface area contributed by atoms with Gasteiger partial charge in [0, 0.05) is 19.2 Å². The molecule has 0 bridgehead atoms. The van der Waals surface area contributed by atoms with Gasteiger partial charge in [0.05, 0.1) is 11.1 Å². The molecular formula is C16H17BrN4O3. The van der Waals surface area contributed by atoms with Crippen molar-refractivity contribution >= 4 is 27.7 Å². The number of nitrogens with one attached hydrogen (secondary N) is 1. The van der Waals surface area contributed by atoms with Crippen molar-refractivity contribution in [3.8, 4) is 0 Å². The Hall–Kier alpha value is -2.19. The number of halogens is 1. The average Bonchev–Trinajstić information content (AvgIpc) is 3.17. The molecule has 1 fully saturated rings. The molecule has 1 saturated carbocycles. The van der Waals surface area contributed by atoms with Crippen molar-refractivity contribution in [1.29, 1.82) is 0 Å². The van der Waals surface area contributed by atoms with Gasteiger partial charge in [-0.15, -0.1) is 0 Å². The highest BCUT2D eigenvalue weighted by Gasteiger charge is 2.62. The zero-order valence-corrected chi connectivity index (χ0v) is 14.5. The van der Waals surface area contributed by atoms with Crippen LogP contribution in [0, 0.1) is 0 Å². The fourth-order valence-electron chi connectivity index (χ4n) is 3.03. The van der Waals surface area contributed by atoms with E-state index in [2.05, 4.69) is 26.3 Å². The highest BCUT2D eigenvalue weighted by molar-refractivity contribution is 9.10. The van der Waals surface area contributed by atoms with Crippen LogP contribution in [0.4, 0.5) is 0 Å². The van der Waals surface area contributed by atoms with Gasteiger partial charge in [-0.25, -0.2) is 0 Å². The zero-order chi connectivity index (χ0) is 17.5. The summed E-state index contributed by atoms with van der Waals surface area (Å²) in [6.45, 7) is 0. The lowest BCUT2D eigenvalue weighted by molar-refractivity contribution is -0.127. The Balaban J connectivity index is 1.89. The molecular weight excluding hydrogens is 376 g/mol. The summed E-state index contributed by atoms with van der Waals surface area (Å²) in [6, 6.07) is 9.41. The lowest BCUT2D eigenvalue weighted by Gasteiger charge is -2.23. The highest BCUT2D eigenvalue weighted by atomic mass is 79.9. The molecule has 126 valence electrons. The molecule has 8 heteroatoms. The summed E-state index contributed by atoms with van der Waals surface area (Å²) in [7, 11) is 1.69. The quantitative estimate of drug-likeness (QED) is 0.694. The number of rotatable bonds is 5. The third kappa shape index (κ3) is 2.83. The van der Waals surface area contributed by atoms with Crippen LogP contribution in [0.3, 0.4) is 0 Å². The maximum Gasteiger partial charge on any atom is 0.256 e. The number of aliphatic hydroxyl groups is 1. The number of aromatic nitrogens is 2. The first kappa shape index (κ1) is 16.7. The van der Waals surface area contributed by atoms with Crippen molar-refractivity contribution < 1.29 is 14.7 Å². The first-order valence-electron chi connectivity index (χ1n) is 7.39. The molecule has 1 heterocycles. The summed E-state index contributed by atoms with van der Waals surface area (Å²) in [6.07, 6.45) is 0.524. The van der Waals surface area contributed by atoms with Crippen molar-refractivity contribution in [3.63, 3.8) is 0 Å². The van der Waals surface area contributed by atoms with E-state index in [0.717, 1.165) is 5.56 Å². The smallest absolute Gasteiger partial charge is 0.256 e. The predicted octanol–water partition coefficient (Wildman–Crippen LogP) is 0.685. The van der Waals surface area contributed by atoms with Crippen LogP contribution in [0.25, 0.3) is 0 Å². The summed E-state index contributed by atoms with van der Waals surface area (Å²) < 4.78 is 1.89. The molecule has 1 aromatic heterocycles. The van der Waals surface area contributed by atoms with Crippen molar-refractivity contribution in [1.82, 2.24) is 15.1 Å². The van der Waals surface area contributed by atoms with Crippen LogP contribution in [0.1, 0.15) is 28.3 Å². The first-order chi connectivity index (χ1) is 11.3. The Kier molecular flexibility index (Phi) is 4.18. The molecule has 4 N–H and O–H groups in total. The zero-order valence-electron chi connectivity index (χ0n) is 12.9. The van der Waals surface area contributed by atoms with Crippen molar-refractivity contribution in [2.24, 2.45) is 12.8 Å². The normalized spacial score (nSPS) is 23.5. The van der Waals surface area contributed by atoms with Gasteiger partial charge in [-0.1, -0.05) is 30.3 Å². The van der Waals surface area contributed by atoms with Crippen LogP contribution >= 0.6 is 15.9 Å². The van der Waals surface area contributed by atoms with E-state index in [4.69, 9.17) is 5.73 Å². The Labute approximate surface area is 147 Å². The Morgan fingerprint density at radius 2 is 2.12 bits per heavy atom. The average molecular weight is 393 g/mol. The number of primary amides is 1. The molecule has 2 unspecified atom stereocenters. The third-order valence-corrected chi connectivity index (χ3v) is 4.92. The molecule has 0 spiro atoms. The number of amides is 2. The second-order valence-corrected chi connectivity index (χ2v) is 6.73. The van der Waals surface area contributed by atoms with E-state index in [9.17, 15) is 14.7 Å². The summed E-state index contributed by atoms with van der Waals surface area (Å²) >= 11 is 3.22. The van der Waals surface area contributed by atoms with E-state index >= 15 is 0 Å². The number of aryl methyl sites for hydroxylation is 1. The molecule has 2 amide bonds. The minimum Gasteiger partial charge on any atom is -0.381 e. The fraction of sp³-hybridized carbons (Fsp3) is 0.312. The van der Waals surface area contributed by atoms with Crippen LogP contribution in [-0.4, -0.2) is 38.3 Å². The number of nitrogens with two attached hydrogens (primary N) is 1. The van der Waals surface area contributed by atoms with E-state index in [-0.39, 0.29) is 5.92 Å². The Bertz CT molecular complexity index is 792. The first-order valence-corrected chi connectivity index (χ1v) is 8.18. The Morgan fingerprint density at radius 1 is 1.46 bits per heavy atom. The predicted molar refractivity (Wildman–Crippen MR) is 90.1 cm³/mol. The van der Waals surface area contributed by atoms with Crippen LogP contribution in [0.5, 0.6) is 0 Å². The van der Waals surface area contributed by atoms with E-state index in [0.29, 0.717) is 16.6 Å². The largest absolute Gasteiger partial charge is 0.381 e.